The van der Waals surface area contributed by atoms with E-state index in [2.05, 4.69) is 4.98 Å². The summed E-state index contributed by atoms with van der Waals surface area (Å²) >= 11 is 0. The third-order valence-corrected chi connectivity index (χ3v) is 4.70. The quantitative estimate of drug-likeness (QED) is 0.821. The average Bonchev–Trinajstić information content (AvgIpc) is 3.23. The fraction of sp³-hybridized carbons (Fsp3) is 0.750. The summed E-state index contributed by atoms with van der Waals surface area (Å²) < 4.78 is 21.6. The molecule has 1 aliphatic heterocycles. The maximum atomic E-state index is 12.8. The van der Waals surface area contributed by atoms with Gasteiger partial charge in [-0.3, -0.25) is 4.79 Å². The largest absolute Gasteiger partial charge is 0.450 e. The molecule has 0 N–H and O–H groups in total. The van der Waals surface area contributed by atoms with Crippen molar-refractivity contribution >= 4 is 5.91 Å². The van der Waals surface area contributed by atoms with Crippen molar-refractivity contribution < 1.29 is 23.4 Å². The standard InChI is InChI=1S/C16H24N2O5/c1-3-22-16-17-12(9-23-16)15(19)18-7-8-21-10-13(18)11-5-4-6-14(11)20-2/h9,11,13-14H,3-8,10H2,1-2H3. The smallest absolute Gasteiger partial charge is 0.394 e. The second kappa shape index (κ2) is 7.31. The van der Waals surface area contributed by atoms with Crippen LogP contribution in [-0.4, -0.2) is 61.4 Å². The predicted molar refractivity (Wildman–Crippen MR) is 81.5 cm³/mol. The normalized spacial score (nSPS) is 28.1. The molecule has 0 aromatic carbocycles. The average molecular weight is 324 g/mol. The molecule has 7 nitrogen and oxygen atoms in total. The summed E-state index contributed by atoms with van der Waals surface area (Å²) in [6.07, 6.45) is 4.91. The second-order valence-electron chi connectivity index (χ2n) is 5.94. The van der Waals surface area contributed by atoms with Crippen molar-refractivity contribution in [3.63, 3.8) is 0 Å². The van der Waals surface area contributed by atoms with Crippen LogP contribution in [0.4, 0.5) is 0 Å². The number of ether oxygens (including phenoxy) is 3. The highest BCUT2D eigenvalue weighted by Gasteiger charge is 2.41. The zero-order valence-electron chi connectivity index (χ0n) is 13.7. The molecule has 0 spiro atoms. The number of carbonyl (C=O) groups is 1. The van der Waals surface area contributed by atoms with Crippen molar-refractivity contribution in [1.82, 2.24) is 9.88 Å². The summed E-state index contributed by atoms with van der Waals surface area (Å²) in [7, 11) is 1.74. The predicted octanol–water partition coefficient (Wildman–Crippen LogP) is 1.73. The molecular weight excluding hydrogens is 300 g/mol. The Bertz CT molecular complexity index is 532. The lowest BCUT2D eigenvalue weighted by Gasteiger charge is -2.40. The molecule has 2 heterocycles. The van der Waals surface area contributed by atoms with Crippen molar-refractivity contribution in [2.24, 2.45) is 5.92 Å². The van der Waals surface area contributed by atoms with Gasteiger partial charge in [0.05, 0.1) is 32.0 Å². The van der Waals surface area contributed by atoms with Gasteiger partial charge >= 0.3 is 6.08 Å². The molecule has 1 saturated carbocycles. The van der Waals surface area contributed by atoms with Crippen LogP contribution in [0.15, 0.2) is 10.7 Å². The summed E-state index contributed by atoms with van der Waals surface area (Å²) in [6, 6.07) is 0.0240. The lowest BCUT2D eigenvalue weighted by atomic mass is 9.94. The Balaban J connectivity index is 1.76. The van der Waals surface area contributed by atoms with Crippen LogP contribution in [0.1, 0.15) is 36.7 Å². The summed E-state index contributed by atoms with van der Waals surface area (Å²) in [5.41, 5.74) is 0.285. The molecule has 1 amide bonds. The second-order valence-corrected chi connectivity index (χ2v) is 5.94. The van der Waals surface area contributed by atoms with Crippen molar-refractivity contribution in [2.45, 2.75) is 38.3 Å². The van der Waals surface area contributed by atoms with E-state index in [1.807, 2.05) is 11.8 Å². The first-order valence-corrected chi connectivity index (χ1v) is 8.24. The fourth-order valence-corrected chi connectivity index (χ4v) is 3.61. The topological polar surface area (TPSA) is 74.0 Å². The molecule has 1 aromatic heterocycles. The summed E-state index contributed by atoms with van der Waals surface area (Å²) in [4.78, 5) is 18.8. The number of oxazole rings is 1. The van der Waals surface area contributed by atoms with Crippen LogP contribution < -0.4 is 4.74 Å². The van der Waals surface area contributed by atoms with Crippen LogP contribution >= 0.6 is 0 Å². The van der Waals surface area contributed by atoms with Crippen molar-refractivity contribution in [2.75, 3.05) is 33.5 Å². The molecular formula is C16H24N2O5. The molecule has 3 unspecified atom stereocenters. The number of rotatable bonds is 5. The van der Waals surface area contributed by atoms with Gasteiger partial charge in [0, 0.05) is 19.6 Å². The van der Waals surface area contributed by atoms with E-state index >= 15 is 0 Å². The number of hydrogen-bond acceptors (Lipinski definition) is 6. The highest BCUT2D eigenvalue weighted by Crippen LogP contribution is 2.34. The van der Waals surface area contributed by atoms with E-state index in [0.29, 0.717) is 32.3 Å². The lowest BCUT2D eigenvalue weighted by molar-refractivity contribution is -0.0462. The minimum atomic E-state index is -0.130. The SMILES string of the molecule is CCOc1nc(C(=O)N2CCOCC2C2CCCC2OC)co1. The van der Waals surface area contributed by atoms with Crippen LogP contribution in [-0.2, 0) is 9.47 Å². The zero-order valence-corrected chi connectivity index (χ0v) is 13.7. The molecule has 3 rings (SSSR count). The van der Waals surface area contributed by atoms with E-state index in [0.717, 1.165) is 19.3 Å². The van der Waals surface area contributed by atoms with Crippen LogP contribution in [0, 0.1) is 5.92 Å². The van der Waals surface area contributed by atoms with Gasteiger partial charge in [0.1, 0.15) is 6.26 Å². The molecule has 128 valence electrons. The Hall–Kier alpha value is -1.60. The highest BCUT2D eigenvalue weighted by molar-refractivity contribution is 5.92. The summed E-state index contributed by atoms with van der Waals surface area (Å²) in [5.74, 6) is 0.178. The number of amides is 1. The number of nitrogens with zero attached hydrogens (tertiary/aromatic N) is 2. The van der Waals surface area contributed by atoms with Gasteiger partial charge in [0.2, 0.25) is 0 Å². The number of carbonyl (C=O) groups excluding carboxylic acids is 1. The first-order chi connectivity index (χ1) is 11.2. The first-order valence-electron chi connectivity index (χ1n) is 8.24. The molecule has 0 bridgehead atoms. The minimum absolute atomic E-state index is 0.0240. The number of morpholine rings is 1. The van der Waals surface area contributed by atoms with Gasteiger partial charge in [0.25, 0.3) is 5.91 Å². The number of hydrogen-bond donors (Lipinski definition) is 0. The maximum Gasteiger partial charge on any atom is 0.394 e. The van der Waals surface area contributed by atoms with Gasteiger partial charge in [-0.05, 0) is 19.8 Å². The van der Waals surface area contributed by atoms with Gasteiger partial charge in [0.15, 0.2) is 5.69 Å². The third-order valence-electron chi connectivity index (χ3n) is 4.70. The monoisotopic (exact) mass is 324 g/mol. The Labute approximate surface area is 135 Å². The van der Waals surface area contributed by atoms with Gasteiger partial charge in [-0.2, -0.15) is 4.98 Å². The van der Waals surface area contributed by atoms with Crippen molar-refractivity contribution in [1.29, 1.82) is 0 Å². The van der Waals surface area contributed by atoms with Gasteiger partial charge in [-0.1, -0.05) is 6.42 Å². The minimum Gasteiger partial charge on any atom is -0.450 e. The van der Waals surface area contributed by atoms with E-state index in [9.17, 15) is 4.79 Å². The maximum absolute atomic E-state index is 12.8. The third kappa shape index (κ3) is 3.35. The first kappa shape index (κ1) is 16.3. The fourth-order valence-electron chi connectivity index (χ4n) is 3.61. The number of aromatic nitrogens is 1. The molecule has 0 radical (unpaired) electrons. The molecule has 2 aliphatic rings. The van der Waals surface area contributed by atoms with Crippen LogP contribution in [0.25, 0.3) is 0 Å². The van der Waals surface area contributed by atoms with Crippen LogP contribution in [0.5, 0.6) is 6.08 Å². The summed E-state index contributed by atoms with van der Waals surface area (Å²) in [5, 5.41) is 0. The van der Waals surface area contributed by atoms with Crippen LogP contribution in [0.3, 0.4) is 0 Å². The van der Waals surface area contributed by atoms with E-state index in [1.54, 1.807) is 7.11 Å². The Morgan fingerprint density at radius 1 is 1.48 bits per heavy atom. The van der Waals surface area contributed by atoms with Gasteiger partial charge in [-0.25, -0.2) is 0 Å². The molecule has 2 fully saturated rings. The molecule has 3 atom stereocenters. The Morgan fingerprint density at radius 3 is 3.13 bits per heavy atom. The van der Waals surface area contributed by atoms with E-state index in [1.165, 1.54) is 6.26 Å². The van der Waals surface area contributed by atoms with Crippen LogP contribution in [0.2, 0.25) is 0 Å². The van der Waals surface area contributed by atoms with E-state index in [-0.39, 0.29) is 29.8 Å². The van der Waals surface area contributed by atoms with E-state index < -0.39 is 0 Å². The summed E-state index contributed by atoms with van der Waals surface area (Å²) in [6.45, 7) is 3.95. The van der Waals surface area contributed by atoms with Crippen molar-refractivity contribution in [3.05, 3.63) is 12.0 Å². The molecule has 1 saturated heterocycles. The zero-order chi connectivity index (χ0) is 16.2. The Morgan fingerprint density at radius 2 is 2.35 bits per heavy atom. The Kier molecular flexibility index (Phi) is 5.17. The molecule has 1 aromatic rings. The number of methoxy groups -OCH3 is 1. The highest BCUT2D eigenvalue weighted by atomic mass is 16.6. The molecule has 23 heavy (non-hydrogen) atoms. The van der Waals surface area contributed by atoms with E-state index in [4.69, 9.17) is 18.6 Å². The molecule has 1 aliphatic carbocycles. The lowest BCUT2D eigenvalue weighted by Crippen LogP contribution is -2.53. The van der Waals surface area contributed by atoms with Crippen molar-refractivity contribution in [3.8, 4) is 6.08 Å². The van der Waals surface area contributed by atoms with Gasteiger partial charge < -0.3 is 23.5 Å². The van der Waals surface area contributed by atoms with Gasteiger partial charge in [-0.15, -0.1) is 0 Å². The molecule has 7 heteroatoms.